The van der Waals surface area contributed by atoms with E-state index in [1.54, 1.807) is 11.3 Å². The molecule has 17 heavy (non-hydrogen) atoms. The fourth-order valence-corrected chi connectivity index (χ4v) is 3.02. The lowest BCUT2D eigenvalue weighted by molar-refractivity contribution is 0.220. The first kappa shape index (κ1) is 12.6. The largest absolute Gasteiger partial charge is 0.396 e. The number of thiophene rings is 1. The van der Waals surface area contributed by atoms with E-state index in [4.69, 9.17) is 10.8 Å². The summed E-state index contributed by atoms with van der Waals surface area (Å²) < 4.78 is 0. The number of likely N-dealkylation sites (tertiary alicyclic amines) is 1. The lowest BCUT2D eigenvalue weighted by Crippen LogP contribution is -2.20. The van der Waals surface area contributed by atoms with Crippen LogP contribution in [0.5, 0.6) is 0 Å². The molecule has 0 radical (unpaired) electrons. The average molecular weight is 250 g/mol. The molecule has 1 aromatic rings. The Hall–Kier alpha value is -0.860. The Morgan fingerprint density at radius 2 is 2.41 bits per heavy atom. The maximum Gasteiger partial charge on any atom is 0.0772 e. The van der Waals surface area contributed by atoms with Crippen molar-refractivity contribution in [1.82, 2.24) is 4.90 Å². The van der Waals surface area contributed by atoms with Gasteiger partial charge in [0, 0.05) is 24.6 Å². The van der Waals surface area contributed by atoms with Gasteiger partial charge in [0.05, 0.1) is 11.4 Å². The Bertz CT molecular complexity index is 419. The summed E-state index contributed by atoms with van der Waals surface area (Å²) in [6.45, 7) is 3.81. The standard InChI is InChI=1S/C13H18N2OS/c14-6-1-2-12-3-4-13(17-12)9-15-7-5-11(8-15)10-16/h3-4,11,16H,5-10,14H2. The first-order chi connectivity index (χ1) is 8.31. The highest BCUT2D eigenvalue weighted by atomic mass is 32.1. The monoisotopic (exact) mass is 250 g/mol. The Morgan fingerprint density at radius 3 is 3.12 bits per heavy atom. The van der Waals surface area contributed by atoms with E-state index in [1.165, 1.54) is 4.88 Å². The van der Waals surface area contributed by atoms with E-state index in [2.05, 4.69) is 28.9 Å². The third-order valence-corrected chi connectivity index (χ3v) is 3.97. The molecule has 3 nitrogen and oxygen atoms in total. The van der Waals surface area contributed by atoms with Crippen LogP contribution in [0, 0.1) is 17.8 Å². The lowest BCUT2D eigenvalue weighted by atomic mass is 10.1. The van der Waals surface area contributed by atoms with Crippen molar-refractivity contribution < 1.29 is 5.11 Å². The summed E-state index contributed by atoms with van der Waals surface area (Å²) in [6.07, 6.45) is 1.11. The molecule has 1 saturated heterocycles. The van der Waals surface area contributed by atoms with Crippen LogP contribution in [-0.2, 0) is 6.54 Å². The van der Waals surface area contributed by atoms with Gasteiger partial charge in [-0.05, 0) is 31.0 Å². The maximum absolute atomic E-state index is 9.10. The molecule has 3 N–H and O–H groups in total. The van der Waals surface area contributed by atoms with Gasteiger partial charge >= 0.3 is 0 Å². The molecule has 2 rings (SSSR count). The van der Waals surface area contributed by atoms with Crippen LogP contribution < -0.4 is 5.73 Å². The van der Waals surface area contributed by atoms with Crippen LogP contribution >= 0.6 is 11.3 Å². The van der Waals surface area contributed by atoms with Crippen LogP contribution in [0.15, 0.2) is 12.1 Å². The zero-order valence-electron chi connectivity index (χ0n) is 9.85. The maximum atomic E-state index is 9.10. The first-order valence-corrected chi connectivity index (χ1v) is 6.74. The SMILES string of the molecule is NCC#Cc1ccc(CN2CCC(CO)C2)s1. The Morgan fingerprint density at radius 1 is 1.53 bits per heavy atom. The van der Waals surface area contributed by atoms with Gasteiger partial charge in [-0.15, -0.1) is 11.3 Å². The van der Waals surface area contributed by atoms with Crippen molar-refractivity contribution in [3.05, 3.63) is 21.9 Å². The third-order valence-electron chi connectivity index (χ3n) is 2.98. The molecule has 4 heteroatoms. The Balaban J connectivity index is 1.89. The molecule has 92 valence electrons. The van der Waals surface area contributed by atoms with E-state index in [9.17, 15) is 0 Å². The summed E-state index contributed by atoms with van der Waals surface area (Å²) in [6, 6.07) is 4.19. The number of rotatable bonds is 3. The second-order valence-corrected chi connectivity index (χ2v) is 5.51. The fourth-order valence-electron chi connectivity index (χ4n) is 2.09. The summed E-state index contributed by atoms with van der Waals surface area (Å²) >= 11 is 1.74. The van der Waals surface area contributed by atoms with Gasteiger partial charge in [-0.1, -0.05) is 11.8 Å². The van der Waals surface area contributed by atoms with Gasteiger partial charge in [0.15, 0.2) is 0 Å². The molecule has 0 spiro atoms. The highest BCUT2D eigenvalue weighted by Crippen LogP contribution is 2.22. The molecule has 0 aliphatic carbocycles. The number of hydrogen-bond acceptors (Lipinski definition) is 4. The topological polar surface area (TPSA) is 49.5 Å². The average Bonchev–Trinajstić information content (AvgIpc) is 2.96. The van der Waals surface area contributed by atoms with E-state index >= 15 is 0 Å². The summed E-state index contributed by atoms with van der Waals surface area (Å²) in [5, 5.41) is 9.10. The van der Waals surface area contributed by atoms with E-state index in [0.717, 1.165) is 30.9 Å². The summed E-state index contributed by atoms with van der Waals surface area (Å²) in [7, 11) is 0. The van der Waals surface area contributed by atoms with Crippen molar-refractivity contribution in [2.24, 2.45) is 11.7 Å². The van der Waals surface area contributed by atoms with E-state index < -0.39 is 0 Å². The van der Waals surface area contributed by atoms with Crippen LogP contribution in [-0.4, -0.2) is 36.2 Å². The predicted molar refractivity (Wildman–Crippen MR) is 70.7 cm³/mol. The molecule has 0 aromatic carbocycles. The molecule has 0 saturated carbocycles. The van der Waals surface area contributed by atoms with Gasteiger partial charge in [0.1, 0.15) is 0 Å². The van der Waals surface area contributed by atoms with Crippen molar-refractivity contribution in [3.8, 4) is 11.8 Å². The molecule has 1 atom stereocenters. The molecule has 2 heterocycles. The smallest absolute Gasteiger partial charge is 0.0772 e. The second kappa shape index (κ2) is 6.18. The van der Waals surface area contributed by atoms with Gasteiger partial charge in [-0.3, -0.25) is 4.90 Å². The van der Waals surface area contributed by atoms with Gasteiger partial charge in [0.2, 0.25) is 0 Å². The minimum atomic E-state index is 0.314. The zero-order valence-corrected chi connectivity index (χ0v) is 10.7. The molecular formula is C13H18N2OS. The quantitative estimate of drug-likeness (QED) is 0.783. The molecule has 1 aromatic heterocycles. The Labute approximate surface area is 106 Å². The summed E-state index contributed by atoms with van der Waals surface area (Å²) in [5.41, 5.74) is 5.34. The van der Waals surface area contributed by atoms with Crippen molar-refractivity contribution in [1.29, 1.82) is 0 Å². The Kier molecular flexibility index (Phi) is 4.57. The summed E-state index contributed by atoms with van der Waals surface area (Å²) in [4.78, 5) is 4.82. The van der Waals surface area contributed by atoms with Crippen LogP contribution in [0.2, 0.25) is 0 Å². The van der Waals surface area contributed by atoms with Crippen LogP contribution in [0.1, 0.15) is 16.2 Å². The number of hydrogen-bond donors (Lipinski definition) is 2. The molecule has 1 aliphatic rings. The number of nitrogens with two attached hydrogens (primary N) is 1. The minimum absolute atomic E-state index is 0.314. The minimum Gasteiger partial charge on any atom is -0.396 e. The third kappa shape index (κ3) is 3.55. The van der Waals surface area contributed by atoms with Crippen molar-refractivity contribution in [3.63, 3.8) is 0 Å². The number of nitrogens with zero attached hydrogens (tertiary/aromatic N) is 1. The fraction of sp³-hybridized carbons (Fsp3) is 0.538. The van der Waals surface area contributed by atoms with Gasteiger partial charge in [0.25, 0.3) is 0 Å². The first-order valence-electron chi connectivity index (χ1n) is 5.92. The van der Waals surface area contributed by atoms with Crippen molar-refractivity contribution in [2.45, 2.75) is 13.0 Å². The zero-order chi connectivity index (χ0) is 12.1. The van der Waals surface area contributed by atoms with Crippen LogP contribution in [0.25, 0.3) is 0 Å². The number of aliphatic hydroxyl groups excluding tert-OH is 1. The molecule has 0 bridgehead atoms. The molecule has 1 aliphatic heterocycles. The lowest BCUT2D eigenvalue weighted by Gasteiger charge is -2.13. The van der Waals surface area contributed by atoms with E-state index in [-0.39, 0.29) is 0 Å². The second-order valence-electron chi connectivity index (χ2n) is 4.34. The van der Waals surface area contributed by atoms with E-state index in [0.29, 0.717) is 19.1 Å². The summed E-state index contributed by atoms with van der Waals surface area (Å²) in [5.74, 6) is 6.39. The van der Waals surface area contributed by atoms with Crippen LogP contribution in [0.3, 0.4) is 0 Å². The van der Waals surface area contributed by atoms with Gasteiger partial charge < -0.3 is 10.8 Å². The molecule has 1 unspecified atom stereocenters. The highest BCUT2D eigenvalue weighted by molar-refractivity contribution is 7.12. The van der Waals surface area contributed by atoms with Crippen LogP contribution in [0.4, 0.5) is 0 Å². The highest BCUT2D eigenvalue weighted by Gasteiger charge is 2.21. The van der Waals surface area contributed by atoms with E-state index in [1.807, 2.05) is 0 Å². The molecule has 0 amide bonds. The van der Waals surface area contributed by atoms with Crippen molar-refractivity contribution in [2.75, 3.05) is 26.2 Å². The number of aliphatic hydroxyl groups is 1. The molecular weight excluding hydrogens is 232 g/mol. The normalized spacial score (nSPS) is 20.2. The molecule has 1 fully saturated rings. The van der Waals surface area contributed by atoms with Gasteiger partial charge in [-0.2, -0.15) is 0 Å². The van der Waals surface area contributed by atoms with Gasteiger partial charge in [-0.25, -0.2) is 0 Å². The van der Waals surface area contributed by atoms with Crippen molar-refractivity contribution >= 4 is 11.3 Å². The predicted octanol–water partition coefficient (Wildman–Crippen LogP) is 0.872.